The minimum Gasteiger partial charge on any atom is -0.481 e. The number of carbonyl (C=O) groups is 1. The summed E-state index contributed by atoms with van der Waals surface area (Å²) in [5.74, 6) is -0.976. The molecular formula is C10H17NO3. The van der Waals surface area contributed by atoms with Crippen LogP contribution >= 0.6 is 0 Å². The second-order valence-corrected chi connectivity index (χ2v) is 4.42. The maximum Gasteiger partial charge on any atom is 0.307 e. The van der Waals surface area contributed by atoms with Crippen molar-refractivity contribution in [3.05, 3.63) is 0 Å². The van der Waals surface area contributed by atoms with Gasteiger partial charge >= 0.3 is 5.97 Å². The van der Waals surface area contributed by atoms with Gasteiger partial charge in [-0.25, -0.2) is 0 Å². The molecule has 3 unspecified atom stereocenters. The predicted molar refractivity (Wildman–Crippen MR) is 51.1 cm³/mol. The first-order valence-electron chi connectivity index (χ1n) is 5.26. The lowest BCUT2D eigenvalue weighted by Gasteiger charge is -2.32. The van der Waals surface area contributed by atoms with Crippen molar-refractivity contribution < 1.29 is 14.6 Å². The molecule has 1 N–H and O–H groups in total. The van der Waals surface area contributed by atoms with Crippen molar-refractivity contribution in [1.82, 2.24) is 4.90 Å². The molecule has 0 aromatic carbocycles. The van der Waals surface area contributed by atoms with E-state index >= 15 is 0 Å². The van der Waals surface area contributed by atoms with Crippen molar-refractivity contribution in [3.8, 4) is 0 Å². The van der Waals surface area contributed by atoms with Gasteiger partial charge < -0.3 is 9.84 Å². The highest BCUT2D eigenvalue weighted by atomic mass is 16.5. The Morgan fingerprint density at radius 3 is 2.57 bits per heavy atom. The van der Waals surface area contributed by atoms with Crippen LogP contribution < -0.4 is 0 Å². The Morgan fingerprint density at radius 1 is 1.50 bits per heavy atom. The van der Waals surface area contributed by atoms with Gasteiger partial charge in [0.05, 0.1) is 18.1 Å². The third-order valence-electron chi connectivity index (χ3n) is 3.07. The minimum atomic E-state index is -0.705. The summed E-state index contributed by atoms with van der Waals surface area (Å²) in [5.41, 5.74) is 0. The lowest BCUT2D eigenvalue weighted by molar-refractivity contribution is -0.142. The molecule has 0 amide bonds. The summed E-state index contributed by atoms with van der Waals surface area (Å²) in [6.45, 7) is 4.24. The molecule has 2 aliphatic rings. The second-order valence-electron chi connectivity index (χ2n) is 4.42. The summed E-state index contributed by atoms with van der Waals surface area (Å²) in [7, 11) is 0. The number of aliphatic carboxylic acids is 1. The molecule has 2 aliphatic heterocycles. The molecule has 2 saturated heterocycles. The average molecular weight is 199 g/mol. The number of hydrogen-bond donors (Lipinski definition) is 1. The molecule has 3 atom stereocenters. The molecule has 0 aliphatic carbocycles. The molecule has 80 valence electrons. The largest absolute Gasteiger partial charge is 0.481 e. The van der Waals surface area contributed by atoms with E-state index < -0.39 is 5.97 Å². The van der Waals surface area contributed by atoms with Crippen molar-refractivity contribution >= 4 is 5.97 Å². The summed E-state index contributed by atoms with van der Waals surface area (Å²) in [6, 6.07) is 0. The highest BCUT2D eigenvalue weighted by Crippen LogP contribution is 2.26. The highest BCUT2D eigenvalue weighted by molar-refractivity contribution is 5.69. The SMILES string of the molecule is CC(CN1CC2CCC(C1)O2)C(=O)O. The Labute approximate surface area is 83.8 Å². The first-order chi connectivity index (χ1) is 6.65. The molecule has 0 aromatic rings. The van der Waals surface area contributed by atoms with E-state index in [0.29, 0.717) is 18.8 Å². The number of carboxylic acids is 1. The van der Waals surface area contributed by atoms with Crippen LogP contribution in [0.5, 0.6) is 0 Å². The summed E-state index contributed by atoms with van der Waals surface area (Å²) in [4.78, 5) is 12.9. The summed E-state index contributed by atoms with van der Waals surface area (Å²) in [5, 5.41) is 8.80. The number of hydrogen-bond acceptors (Lipinski definition) is 3. The second kappa shape index (κ2) is 3.87. The van der Waals surface area contributed by atoms with E-state index in [0.717, 1.165) is 25.9 Å². The fraction of sp³-hybridized carbons (Fsp3) is 0.900. The number of likely N-dealkylation sites (tertiary alicyclic amines) is 1. The van der Waals surface area contributed by atoms with E-state index in [9.17, 15) is 4.79 Å². The van der Waals surface area contributed by atoms with Crippen LogP contribution in [-0.2, 0) is 9.53 Å². The van der Waals surface area contributed by atoms with Gasteiger partial charge in [-0.05, 0) is 12.8 Å². The minimum absolute atomic E-state index is 0.271. The Morgan fingerprint density at radius 2 is 2.07 bits per heavy atom. The van der Waals surface area contributed by atoms with Gasteiger partial charge in [-0.1, -0.05) is 6.92 Å². The Kier molecular flexibility index (Phi) is 2.74. The van der Waals surface area contributed by atoms with Gasteiger partial charge in [0, 0.05) is 19.6 Å². The number of nitrogens with zero attached hydrogens (tertiary/aromatic N) is 1. The molecule has 0 radical (unpaired) electrons. The standard InChI is InChI=1S/C10H17NO3/c1-7(10(12)13)4-11-5-8-2-3-9(6-11)14-8/h7-9H,2-6H2,1H3,(H,12,13). The van der Waals surface area contributed by atoms with Crippen LogP contribution in [0.1, 0.15) is 19.8 Å². The van der Waals surface area contributed by atoms with Crippen molar-refractivity contribution in [2.45, 2.75) is 32.0 Å². The van der Waals surface area contributed by atoms with Crippen LogP contribution in [0.15, 0.2) is 0 Å². The summed E-state index contributed by atoms with van der Waals surface area (Å²) in [6.07, 6.45) is 3.00. The molecule has 4 heteroatoms. The van der Waals surface area contributed by atoms with Crippen molar-refractivity contribution in [3.63, 3.8) is 0 Å². The van der Waals surface area contributed by atoms with Crippen LogP contribution in [-0.4, -0.2) is 47.8 Å². The van der Waals surface area contributed by atoms with Crippen LogP contribution in [0.3, 0.4) is 0 Å². The zero-order valence-electron chi connectivity index (χ0n) is 8.48. The van der Waals surface area contributed by atoms with E-state index in [1.54, 1.807) is 6.92 Å². The van der Waals surface area contributed by atoms with E-state index in [-0.39, 0.29) is 5.92 Å². The average Bonchev–Trinajstić information content (AvgIpc) is 2.45. The zero-order chi connectivity index (χ0) is 10.1. The van der Waals surface area contributed by atoms with Crippen LogP contribution in [0.2, 0.25) is 0 Å². The molecule has 2 fully saturated rings. The number of carboxylic acid groups (broad SMARTS) is 1. The van der Waals surface area contributed by atoms with E-state index in [4.69, 9.17) is 9.84 Å². The van der Waals surface area contributed by atoms with E-state index in [1.807, 2.05) is 0 Å². The van der Waals surface area contributed by atoms with Crippen LogP contribution in [0.4, 0.5) is 0 Å². The summed E-state index contributed by atoms with van der Waals surface area (Å²) >= 11 is 0. The third kappa shape index (κ3) is 2.07. The molecule has 0 aromatic heterocycles. The van der Waals surface area contributed by atoms with Gasteiger partial charge in [0.1, 0.15) is 0 Å². The van der Waals surface area contributed by atoms with Gasteiger partial charge in [-0.3, -0.25) is 9.69 Å². The number of ether oxygens (including phenoxy) is 1. The molecule has 2 bridgehead atoms. The molecule has 2 heterocycles. The molecular weight excluding hydrogens is 182 g/mol. The lowest BCUT2D eigenvalue weighted by Crippen LogP contribution is -2.45. The Bertz CT molecular complexity index is 219. The molecule has 4 nitrogen and oxygen atoms in total. The van der Waals surface area contributed by atoms with Crippen molar-refractivity contribution in [1.29, 1.82) is 0 Å². The fourth-order valence-corrected chi connectivity index (χ4v) is 2.31. The van der Waals surface area contributed by atoms with Gasteiger partial charge in [0.15, 0.2) is 0 Å². The Balaban J connectivity index is 1.84. The smallest absolute Gasteiger partial charge is 0.307 e. The normalized spacial score (nSPS) is 34.4. The van der Waals surface area contributed by atoms with Gasteiger partial charge in [0.25, 0.3) is 0 Å². The first-order valence-corrected chi connectivity index (χ1v) is 5.26. The molecule has 14 heavy (non-hydrogen) atoms. The quantitative estimate of drug-likeness (QED) is 0.722. The maximum atomic E-state index is 10.7. The van der Waals surface area contributed by atoms with Crippen LogP contribution in [0.25, 0.3) is 0 Å². The topological polar surface area (TPSA) is 49.8 Å². The number of rotatable bonds is 3. The third-order valence-corrected chi connectivity index (χ3v) is 3.07. The summed E-state index contributed by atoms with van der Waals surface area (Å²) < 4.78 is 5.68. The maximum absolute atomic E-state index is 10.7. The molecule has 2 rings (SSSR count). The highest BCUT2D eigenvalue weighted by Gasteiger charge is 2.34. The van der Waals surface area contributed by atoms with Gasteiger partial charge in [-0.15, -0.1) is 0 Å². The van der Waals surface area contributed by atoms with E-state index in [1.165, 1.54) is 0 Å². The van der Waals surface area contributed by atoms with Gasteiger partial charge in [0.2, 0.25) is 0 Å². The molecule has 0 saturated carbocycles. The predicted octanol–water partition coefficient (Wildman–Crippen LogP) is 0.570. The van der Waals surface area contributed by atoms with Crippen molar-refractivity contribution in [2.24, 2.45) is 5.92 Å². The molecule has 0 spiro atoms. The van der Waals surface area contributed by atoms with Crippen molar-refractivity contribution in [2.75, 3.05) is 19.6 Å². The lowest BCUT2D eigenvalue weighted by atomic mass is 10.1. The first kappa shape index (κ1) is 9.93. The monoisotopic (exact) mass is 199 g/mol. The fourth-order valence-electron chi connectivity index (χ4n) is 2.31. The zero-order valence-corrected chi connectivity index (χ0v) is 8.48. The van der Waals surface area contributed by atoms with Crippen LogP contribution in [0, 0.1) is 5.92 Å². The van der Waals surface area contributed by atoms with Gasteiger partial charge in [-0.2, -0.15) is 0 Å². The number of fused-ring (bicyclic) bond motifs is 2. The number of morpholine rings is 1. The Hall–Kier alpha value is -0.610. The van der Waals surface area contributed by atoms with E-state index in [2.05, 4.69) is 4.90 Å².